The molecule has 11 heteroatoms. The van der Waals surface area contributed by atoms with E-state index in [-0.39, 0.29) is 12.3 Å². The molecule has 0 saturated carbocycles. The average Bonchev–Trinajstić information content (AvgIpc) is 2.87. The number of nitrogens with one attached hydrogen (secondary N) is 1. The highest BCUT2D eigenvalue weighted by molar-refractivity contribution is 7.92. The lowest BCUT2D eigenvalue weighted by atomic mass is 9.79. The predicted molar refractivity (Wildman–Crippen MR) is 85.5 cm³/mol. The van der Waals surface area contributed by atoms with Gasteiger partial charge in [-0.1, -0.05) is 6.07 Å². The molecule has 0 spiro atoms. The molecule has 1 heterocycles. The third kappa shape index (κ3) is 3.43. The predicted octanol–water partition coefficient (Wildman–Crippen LogP) is 1.31. The highest BCUT2D eigenvalue weighted by Gasteiger charge is 2.34. The van der Waals surface area contributed by atoms with Crippen LogP contribution in [0.3, 0.4) is 0 Å². The fourth-order valence-electron chi connectivity index (χ4n) is 2.44. The standard InChI is InChI=1S/C14H12BF3N2O4S/c16-14(17,18)11-6-10(3-4-13(11)19)25(22,23)20-9-2-1-8-7-24-15(21)12(8)5-9/h1-6,20-21H,7,19H2. The van der Waals surface area contributed by atoms with E-state index in [1.807, 2.05) is 0 Å². The molecule has 2 aromatic rings. The Hall–Kier alpha value is -2.24. The summed E-state index contributed by atoms with van der Waals surface area (Å²) >= 11 is 0. The lowest BCUT2D eigenvalue weighted by molar-refractivity contribution is -0.137. The van der Waals surface area contributed by atoms with Crippen molar-refractivity contribution >= 4 is 34.0 Å². The Morgan fingerprint density at radius 1 is 1.20 bits per heavy atom. The molecule has 0 atom stereocenters. The molecule has 0 bridgehead atoms. The van der Waals surface area contributed by atoms with Gasteiger partial charge in [0.2, 0.25) is 0 Å². The summed E-state index contributed by atoms with van der Waals surface area (Å²) in [6, 6.07) is 6.71. The molecule has 1 aliphatic heterocycles. The van der Waals surface area contributed by atoms with Gasteiger partial charge in [-0.05, 0) is 41.4 Å². The van der Waals surface area contributed by atoms with E-state index in [2.05, 4.69) is 4.72 Å². The summed E-state index contributed by atoms with van der Waals surface area (Å²) in [6.45, 7) is 0.191. The number of anilines is 2. The van der Waals surface area contributed by atoms with E-state index >= 15 is 0 Å². The number of sulfonamides is 1. The van der Waals surface area contributed by atoms with E-state index in [4.69, 9.17) is 10.4 Å². The second-order valence-corrected chi connectivity index (χ2v) is 7.11. The average molecular weight is 372 g/mol. The fourth-order valence-corrected chi connectivity index (χ4v) is 3.52. The van der Waals surface area contributed by atoms with Gasteiger partial charge in [0.1, 0.15) is 0 Å². The highest BCUT2D eigenvalue weighted by atomic mass is 32.2. The Kier molecular flexibility index (Phi) is 4.17. The van der Waals surface area contributed by atoms with Crippen molar-refractivity contribution in [3.05, 3.63) is 47.5 Å². The second kappa shape index (κ2) is 5.93. The molecule has 3 rings (SSSR count). The lowest BCUT2D eigenvalue weighted by Gasteiger charge is -2.13. The van der Waals surface area contributed by atoms with Crippen molar-refractivity contribution in [2.24, 2.45) is 0 Å². The van der Waals surface area contributed by atoms with Gasteiger partial charge >= 0.3 is 13.3 Å². The van der Waals surface area contributed by atoms with Gasteiger partial charge in [0.05, 0.1) is 17.1 Å². The Labute approximate surface area is 141 Å². The Bertz CT molecular complexity index is 934. The van der Waals surface area contributed by atoms with Gasteiger partial charge in [0, 0.05) is 11.4 Å². The van der Waals surface area contributed by atoms with Crippen molar-refractivity contribution in [1.82, 2.24) is 0 Å². The monoisotopic (exact) mass is 372 g/mol. The second-order valence-electron chi connectivity index (χ2n) is 5.43. The molecule has 25 heavy (non-hydrogen) atoms. The summed E-state index contributed by atoms with van der Waals surface area (Å²) in [6.07, 6.45) is -4.77. The van der Waals surface area contributed by atoms with Crippen molar-refractivity contribution in [3.63, 3.8) is 0 Å². The van der Waals surface area contributed by atoms with E-state index in [0.29, 0.717) is 17.1 Å². The Balaban J connectivity index is 1.94. The molecule has 0 radical (unpaired) electrons. The van der Waals surface area contributed by atoms with Gasteiger partial charge in [-0.15, -0.1) is 0 Å². The lowest BCUT2D eigenvalue weighted by Crippen LogP contribution is -2.28. The summed E-state index contributed by atoms with van der Waals surface area (Å²) < 4.78 is 70.6. The summed E-state index contributed by atoms with van der Waals surface area (Å²) in [5, 5.41) is 9.64. The first kappa shape index (κ1) is 17.6. The van der Waals surface area contributed by atoms with Crippen LogP contribution in [0, 0.1) is 0 Å². The number of hydrogen-bond donors (Lipinski definition) is 3. The van der Waals surface area contributed by atoms with Crippen molar-refractivity contribution in [1.29, 1.82) is 0 Å². The van der Waals surface area contributed by atoms with E-state index in [1.165, 1.54) is 12.1 Å². The molecule has 0 aliphatic carbocycles. The summed E-state index contributed by atoms with van der Waals surface area (Å²) in [4.78, 5) is -0.577. The van der Waals surface area contributed by atoms with E-state index in [9.17, 15) is 26.6 Å². The number of nitrogen functional groups attached to an aromatic ring is 1. The number of alkyl halides is 3. The first-order chi connectivity index (χ1) is 11.6. The minimum atomic E-state index is -4.77. The first-order valence-electron chi connectivity index (χ1n) is 7.00. The molecule has 0 unspecified atom stereocenters. The zero-order chi connectivity index (χ0) is 18.4. The van der Waals surface area contributed by atoms with Gasteiger partial charge in [0.25, 0.3) is 10.0 Å². The minimum absolute atomic E-state index is 0.0914. The van der Waals surface area contributed by atoms with Crippen LogP contribution in [0.25, 0.3) is 0 Å². The van der Waals surface area contributed by atoms with Crippen LogP contribution in [0.2, 0.25) is 0 Å². The first-order valence-corrected chi connectivity index (χ1v) is 8.48. The minimum Gasteiger partial charge on any atom is -0.423 e. The highest BCUT2D eigenvalue weighted by Crippen LogP contribution is 2.35. The molecule has 2 aromatic carbocycles. The van der Waals surface area contributed by atoms with Crippen molar-refractivity contribution in [3.8, 4) is 0 Å². The zero-order valence-corrected chi connectivity index (χ0v) is 13.4. The molecule has 0 aromatic heterocycles. The number of nitrogens with two attached hydrogens (primary N) is 1. The molecule has 6 nitrogen and oxygen atoms in total. The molecular weight excluding hydrogens is 360 g/mol. The van der Waals surface area contributed by atoms with Crippen molar-refractivity contribution in [2.75, 3.05) is 10.5 Å². The third-order valence-corrected chi connectivity index (χ3v) is 5.08. The number of hydrogen-bond acceptors (Lipinski definition) is 5. The summed E-state index contributed by atoms with van der Waals surface area (Å²) in [7, 11) is -5.45. The molecule has 0 saturated heterocycles. The van der Waals surface area contributed by atoms with E-state index in [0.717, 1.165) is 12.1 Å². The van der Waals surface area contributed by atoms with Crippen LogP contribution in [-0.4, -0.2) is 20.6 Å². The summed E-state index contributed by atoms with van der Waals surface area (Å²) in [5.74, 6) is 0. The number of rotatable bonds is 3. The Morgan fingerprint density at radius 3 is 2.60 bits per heavy atom. The summed E-state index contributed by atoms with van der Waals surface area (Å²) in [5.41, 5.74) is 4.66. The number of fused-ring (bicyclic) bond motifs is 1. The fraction of sp³-hybridized carbons (Fsp3) is 0.143. The van der Waals surface area contributed by atoms with Crippen LogP contribution in [0.4, 0.5) is 24.5 Å². The van der Waals surface area contributed by atoms with E-state index in [1.54, 1.807) is 6.07 Å². The maximum atomic E-state index is 12.9. The van der Waals surface area contributed by atoms with Crippen LogP contribution in [0.1, 0.15) is 11.1 Å². The van der Waals surface area contributed by atoms with Gasteiger partial charge in [-0.3, -0.25) is 4.72 Å². The molecule has 0 amide bonds. The largest absolute Gasteiger partial charge is 0.491 e. The number of benzene rings is 2. The maximum absolute atomic E-state index is 12.9. The quantitative estimate of drug-likeness (QED) is 0.557. The van der Waals surface area contributed by atoms with Crippen LogP contribution in [0.5, 0.6) is 0 Å². The molecule has 0 fully saturated rings. The number of halogens is 3. The maximum Gasteiger partial charge on any atom is 0.491 e. The smallest absolute Gasteiger partial charge is 0.423 e. The van der Waals surface area contributed by atoms with Crippen LogP contribution in [0.15, 0.2) is 41.3 Å². The van der Waals surface area contributed by atoms with Crippen LogP contribution < -0.4 is 15.9 Å². The zero-order valence-electron chi connectivity index (χ0n) is 12.5. The van der Waals surface area contributed by atoms with Gasteiger partial charge in [-0.25, -0.2) is 8.42 Å². The normalized spacial score (nSPS) is 14.5. The van der Waals surface area contributed by atoms with Crippen molar-refractivity contribution < 1.29 is 31.3 Å². The van der Waals surface area contributed by atoms with Gasteiger partial charge in [0.15, 0.2) is 0 Å². The molecular formula is C14H12BF3N2O4S. The molecule has 4 N–H and O–H groups in total. The third-order valence-electron chi connectivity index (χ3n) is 3.70. The molecule has 1 aliphatic rings. The van der Waals surface area contributed by atoms with Crippen molar-refractivity contribution in [2.45, 2.75) is 17.7 Å². The molecule has 132 valence electrons. The van der Waals surface area contributed by atoms with Gasteiger partial charge in [-0.2, -0.15) is 13.2 Å². The topological polar surface area (TPSA) is 102 Å². The SMILES string of the molecule is Nc1ccc(S(=O)(=O)Nc2ccc3c(c2)B(O)OC3)cc1C(F)(F)F. The van der Waals surface area contributed by atoms with Gasteiger partial charge < -0.3 is 15.4 Å². The van der Waals surface area contributed by atoms with E-state index < -0.39 is 39.5 Å². The van der Waals surface area contributed by atoms with Crippen LogP contribution >= 0.6 is 0 Å². The Morgan fingerprint density at radius 2 is 1.92 bits per heavy atom. The van der Waals surface area contributed by atoms with Crippen LogP contribution in [-0.2, 0) is 27.5 Å².